The molecular weight excluding hydrogens is 186 g/mol. The summed E-state index contributed by atoms with van der Waals surface area (Å²) < 4.78 is 2.18. The van der Waals surface area contributed by atoms with Gasteiger partial charge in [-0.05, 0) is 45.7 Å². The Morgan fingerprint density at radius 2 is 2.33 bits per heavy atom. The Hall–Kier alpha value is -0.830. The largest absolute Gasteiger partial charge is 0.317 e. The average molecular weight is 207 g/mol. The van der Waals surface area contributed by atoms with Crippen molar-refractivity contribution < 1.29 is 0 Å². The topological polar surface area (TPSA) is 29.9 Å². The molecule has 0 amide bonds. The summed E-state index contributed by atoms with van der Waals surface area (Å²) in [5.41, 5.74) is 2.95. The second-order valence-corrected chi connectivity index (χ2v) is 4.54. The Labute approximate surface area is 91.9 Å². The number of hydrogen-bond donors (Lipinski definition) is 1. The van der Waals surface area contributed by atoms with Gasteiger partial charge in [0.1, 0.15) is 0 Å². The lowest BCUT2D eigenvalue weighted by molar-refractivity contribution is 0.594. The molecule has 0 spiro atoms. The highest BCUT2D eigenvalue weighted by atomic mass is 15.3. The average Bonchev–Trinajstić information content (AvgIpc) is 3.00. The van der Waals surface area contributed by atoms with Crippen molar-refractivity contribution in [2.24, 2.45) is 0 Å². The Morgan fingerprint density at radius 1 is 1.60 bits per heavy atom. The zero-order valence-corrected chi connectivity index (χ0v) is 9.95. The lowest BCUT2D eigenvalue weighted by Crippen LogP contribution is -2.23. The van der Waals surface area contributed by atoms with Crippen LogP contribution in [0.2, 0.25) is 0 Å². The van der Waals surface area contributed by atoms with Crippen molar-refractivity contribution in [3.63, 3.8) is 0 Å². The Balaban J connectivity index is 2.18. The van der Waals surface area contributed by atoms with Gasteiger partial charge in [0.05, 0.1) is 6.20 Å². The first-order valence-electron chi connectivity index (χ1n) is 5.98. The Morgan fingerprint density at radius 3 is 2.87 bits per heavy atom. The molecule has 15 heavy (non-hydrogen) atoms. The van der Waals surface area contributed by atoms with Crippen LogP contribution in [0.3, 0.4) is 0 Å². The molecule has 84 valence electrons. The Bertz CT molecular complexity index is 326. The van der Waals surface area contributed by atoms with Crippen molar-refractivity contribution in [1.29, 1.82) is 0 Å². The summed E-state index contributed by atoms with van der Waals surface area (Å²) in [5.74, 6) is 0.798. The van der Waals surface area contributed by atoms with Gasteiger partial charge in [-0.15, -0.1) is 0 Å². The molecular formula is C12H21N3. The maximum atomic E-state index is 4.47. The van der Waals surface area contributed by atoms with E-state index in [4.69, 9.17) is 0 Å². The minimum atomic E-state index is 0.539. The van der Waals surface area contributed by atoms with Crippen LogP contribution in [0, 0.1) is 0 Å². The van der Waals surface area contributed by atoms with Crippen molar-refractivity contribution in [3.05, 3.63) is 17.5 Å². The van der Waals surface area contributed by atoms with Crippen molar-refractivity contribution in [2.45, 2.75) is 51.6 Å². The summed E-state index contributed by atoms with van der Waals surface area (Å²) in [6.07, 6.45) is 5.87. The number of aromatic nitrogens is 2. The molecule has 1 atom stereocenters. The highest BCUT2D eigenvalue weighted by Gasteiger charge is 2.29. The van der Waals surface area contributed by atoms with Crippen LogP contribution in [0.1, 0.15) is 43.9 Å². The molecule has 0 aromatic carbocycles. The van der Waals surface area contributed by atoms with Crippen LogP contribution < -0.4 is 5.32 Å². The fourth-order valence-electron chi connectivity index (χ4n) is 2.10. The van der Waals surface area contributed by atoms with Crippen LogP contribution >= 0.6 is 0 Å². The molecule has 0 bridgehead atoms. The van der Waals surface area contributed by atoms with Gasteiger partial charge in [-0.1, -0.05) is 0 Å². The van der Waals surface area contributed by atoms with E-state index in [-0.39, 0.29) is 0 Å². The van der Waals surface area contributed by atoms with E-state index in [0.29, 0.717) is 6.04 Å². The molecule has 1 aromatic rings. The number of nitrogens with one attached hydrogen (secondary N) is 1. The molecule has 1 saturated carbocycles. The quantitative estimate of drug-likeness (QED) is 0.799. The zero-order valence-electron chi connectivity index (χ0n) is 9.95. The highest BCUT2D eigenvalue weighted by Crippen LogP contribution is 2.41. The summed E-state index contributed by atoms with van der Waals surface area (Å²) in [6.45, 7) is 5.39. The number of hydrogen-bond acceptors (Lipinski definition) is 2. The molecule has 1 fully saturated rings. The normalized spacial score (nSPS) is 18.1. The molecule has 1 aromatic heterocycles. The fourth-order valence-corrected chi connectivity index (χ4v) is 2.10. The number of rotatable bonds is 5. The summed E-state index contributed by atoms with van der Waals surface area (Å²) >= 11 is 0. The highest BCUT2D eigenvalue weighted by molar-refractivity contribution is 5.26. The third-order valence-corrected chi connectivity index (χ3v) is 3.24. The van der Waals surface area contributed by atoms with Gasteiger partial charge in [-0.2, -0.15) is 5.10 Å². The summed E-state index contributed by atoms with van der Waals surface area (Å²) in [6, 6.07) is 0.539. The van der Waals surface area contributed by atoms with Crippen LogP contribution in [0.5, 0.6) is 0 Å². The molecule has 0 aliphatic heterocycles. The second-order valence-electron chi connectivity index (χ2n) is 4.54. The first-order chi connectivity index (χ1) is 7.26. The number of likely N-dealkylation sites (N-methyl/N-ethyl adjacent to an activating group) is 1. The van der Waals surface area contributed by atoms with Crippen molar-refractivity contribution in [1.82, 2.24) is 15.1 Å². The smallest absolute Gasteiger partial charge is 0.0525 e. The molecule has 1 N–H and O–H groups in total. The predicted octanol–water partition coefficient (Wildman–Crippen LogP) is 1.93. The molecule has 0 saturated heterocycles. The summed E-state index contributed by atoms with van der Waals surface area (Å²) in [4.78, 5) is 0. The van der Waals surface area contributed by atoms with Crippen LogP contribution in [0.4, 0.5) is 0 Å². The maximum absolute atomic E-state index is 4.47. The Kier molecular flexibility index (Phi) is 3.10. The van der Waals surface area contributed by atoms with Crippen LogP contribution in [0.25, 0.3) is 0 Å². The number of nitrogens with zero attached hydrogens (tertiary/aromatic N) is 2. The van der Waals surface area contributed by atoms with Crippen LogP contribution in [0.15, 0.2) is 6.20 Å². The molecule has 2 rings (SSSR count). The van der Waals surface area contributed by atoms with E-state index in [1.165, 1.54) is 24.1 Å². The standard InChI is InChI=1S/C12H21N3/c1-4-15-12(10-5-6-10)11(8-14-15)7-9(2)13-3/h8-10,13H,4-7H2,1-3H3. The lowest BCUT2D eigenvalue weighted by Gasteiger charge is -2.11. The molecule has 1 aliphatic rings. The van der Waals surface area contributed by atoms with Gasteiger partial charge in [0, 0.05) is 24.2 Å². The van der Waals surface area contributed by atoms with Gasteiger partial charge in [-0.3, -0.25) is 4.68 Å². The van der Waals surface area contributed by atoms with Crippen molar-refractivity contribution in [2.75, 3.05) is 7.05 Å². The van der Waals surface area contributed by atoms with Gasteiger partial charge < -0.3 is 5.32 Å². The fraction of sp³-hybridized carbons (Fsp3) is 0.750. The maximum Gasteiger partial charge on any atom is 0.0525 e. The van der Waals surface area contributed by atoms with Crippen LogP contribution in [-0.4, -0.2) is 22.9 Å². The third-order valence-electron chi connectivity index (χ3n) is 3.24. The molecule has 1 heterocycles. The van der Waals surface area contributed by atoms with E-state index in [0.717, 1.165) is 18.9 Å². The second kappa shape index (κ2) is 4.35. The van der Waals surface area contributed by atoms with Gasteiger partial charge in [0.15, 0.2) is 0 Å². The minimum absolute atomic E-state index is 0.539. The van der Waals surface area contributed by atoms with Gasteiger partial charge >= 0.3 is 0 Å². The third kappa shape index (κ3) is 2.23. The molecule has 3 heteroatoms. The molecule has 1 unspecified atom stereocenters. The van der Waals surface area contributed by atoms with Crippen molar-refractivity contribution in [3.8, 4) is 0 Å². The van der Waals surface area contributed by atoms with E-state index in [2.05, 4.69) is 35.1 Å². The van der Waals surface area contributed by atoms with E-state index >= 15 is 0 Å². The lowest BCUT2D eigenvalue weighted by atomic mass is 10.1. The number of aryl methyl sites for hydroxylation is 1. The first kappa shape index (κ1) is 10.7. The van der Waals surface area contributed by atoms with Gasteiger partial charge in [0.25, 0.3) is 0 Å². The predicted molar refractivity (Wildman–Crippen MR) is 62.1 cm³/mol. The van der Waals surface area contributed by atoms with Gasteiger partial charge in [0.2, 0.25) is 0 Å². The molecule has 1 aliphatic carbocycles. The monoisotopic (exact) mass is 207 g/mol. The SMILES string of the molecule is CCn1ncc(CC(C)NC)c1C1CC1. The van der Waals surface area contributed by atoms with E-state index < -0.39 is 0 Å². The van der Waals surface area contributed by atoms with Crippen molar-refractivity contribution >= 4 is 0 Å². The zero-order chi connectivity index (χ0) is 10.8. The van der Waals surface area contributed by atoms with Gasteiger partial charge in [-0.25, -0.2) is 0 Å². The van der Waals surface area contributed by atoms with E-state index in [9.17, 15) is 0 Å². The van der Waals surface area contributed by atoms with E-state index in [1.54, 1.807) is 0 Å². The molecule has 0 radical (unpaired) electrons. The van der Waals surface area contributed by atoms with Crippen LogP contribution in [-0.2, 0) is 13.0 Å². The molecule has 3 nitrogen and oxygen atoms in total. The summed E-state index contributed by atoms with van der Waals surface area (Å²) in [5, 5.41) is 7.76. The first-order valence-corrected chi connectivity index (χ1v) is 5.98. The summed E-state index contributed by atoms with van der Waals surface area (Å²) in [7, 11) is 2.02. The minimum Gasteiger partial charge on any atom is -0.317 e. The van der Waals surface area contributed by atoms with E-state index in [1.807, 2.05) is 7.05 Å².